The van der Waals surface area contributed by atoms with Crippen LogP contribution >= 0.6 is 0 Å². The van der Waals surface area contributed by atoms with E-state index in [-0.39, 0.29) is 5.82 Å². The van der Waals surface area contributed by atoms with Gasteiger partial charge in [-0.1, -0.05) is 6.07 Å². The van der Waals surface area contributed by atoms with Crippen molar-refractivity contribution in [3.63, 3.8) is 0 Å². The molecule has 7 heteroatoms. The van der Waals surface area contributed by atoms with Gasteiger partial charge in [-0.3, -0.25) is 0 Å². The highest BCUT2D eigenvalue weighted by atomic mass is 19.1. The predicted molar refractivity (Wildman–Crippen MR) is 106 cm³/mol. The number of fused-ring (bicyclic) bond motifs is 1. The van der Waals surface area contributed by atoms with Gasteiger partial charge in [0.05, 0.1) is 11.9 Å². The van der Waals surface area contributed by atoms with Crippen molar-refractivity contribution < 1.29 is 4.39 Å². The van der Waals surface area contributed by atoms with Gasteiger partial charge in [-0.05, 0) is 56.6 Å². The first kappa shape index (κ1) is 17.7. The molecule has 0 aliphatic carbocycles. The van der Waals surface area contributed by atoms with E-state index in [1.807, 2.05) is 24.4 Å². The summed E-state index contributed by atoms with van der Waals surface area (Å²) in [4.78, 5) is 13.9. The normalized spacial score (nSPS) is 15.9. The fourth-order valence-electron chi connectivity index (χ4n) is 3.50. The van der Waals surface area contributed by atoms with Gasteiger partial charge in [0.25, 0.3) is 0 Å². The molecule has 4 heterocycles. The second-order valence-electron chi connectivity index (χ2n) is 7.25. The van der Waals surface area contributed by atoms with E-state index >= 15 is 0 Å². The van der Waals surface area contributed by atoms with Crippen molar-refractivity contribution in [2.75, 3.05) is 37.3 Å². The zero-order valence-corrected chi connectivity index (χ0v) is 15.5. The van der Waals surface area contributed by atoms with Crippen LogP contribution in [0.4, 0.5) is 15.9 Å². The van der Waals surface area contributed by atoms with Crippen molar-refractivity contribution in [3.8, 4) is 0 Å². The number of nitrogens with zero attached hydrogens (tertiary/aromatic N) is 3. The molecule has 0 amide bonds. The van der Waals surface area contributed by atoms with Crippen LogP contribution in [0.25, 0.3) is 11.0 Å². The zero-order chi connectivity index (χ0) is 18.6. The summed E-state index contributed by atoms with van der Waals surface area (Å²) in [6.45, 7) is 3.81. The molecule has 27 heavy (non-hydrogen) atoms. The van der Waals surface area contributed by atoms with E-state index in [4.69, 9.17) is 0 Å². The lowest BCUT2D eigenvalue weighted by Gasteiger charge is -2.29. The minimum absolute atomic E-state index is 0.355. The average Bonchev–Trinajstić information content (AvgIpc) is 3.16. The first-order chi connectivity index (χ1) is 13.2. The van der Waals surface area contributed by atoms with Crippen LogP contribution < -0.4 is 10.6 Å². The van der Waals surface area contributed by atoms with Crippen LogP contribution in [0, 0.1) is 11.7 Å². The SMILES string of the molecule is CN1CCC(CNc2ccc(CNc3c(F)cnc4[nH]ccc34)cn2)CC1. The molecule has 1 saturated heterocycles. The summed E-state index contributed by atoms with van der Waals surface area (Å²) in [5.41, 5.74) is 2.14. The third-order valence-corrected chi connectivity index (χ3v) is 5.24. The molecule has 1 aliphatic rings. The molecule has 6 nitrogen and oxygen atoms in total. The highest BCUT2D eigenvalue weighted by Gasteiger charge is 2.16. The number of pyridine rings is 2. The number of anilines is 2. The maximum absolute atomic E-state index is 14.1. The highest BCUT2D eigenvalue weighted by molar-refractivity contribution is 5.89. The molecule has 0 spiro atoms. The molecule has 0 saturated carbocycles. The number of aromatic nitrogens is 3. The minimum atomic E-state index is -0.355. The maximum Gasteiger partial charge on any atom is 0.165 e. The van der Waals surface area contributed by atoms with E-state index < -0.39 is 0 Å². The minimum Gasteiger partial charge on any atom is -0.378 e. The Hall–Kier alpha value is -2.67. The number of aromatic amines is 1. The molecular weight excluding hydrogens is 343 g/mol. The van der Waals surface area contributed by atoms with Crippen LogP contribution in [-0.4, -0.2) is 46.5 Å². The van der Waals surface area contributed by atoms with Crippen LogP contribution in [0.1, 0.15) is 18.4 Å². The number of piperidine rings is 1. The van der Waals surface area contributed by atoms with Crippen LogP contribution in [0.3, 0.4) is 0 Å². The van der Waals surface area contributed by atoms with Crippen LogP contribution in [0.2, 0.25) is 0 Å². The Labute approximate surface area is 158 Å². The van der Waals surface area contributed by atoms with Gasteiger partial charge in [0.2, 0.25) is 0 Å². The molecule has 3 aromatic heterocycles. The smallest absolute Gasteiger partial charge is 0.165 e. The second kappa shape index (κ2) is 7.92. The van der Waals surface area contributed by atoms with Crippen LogP contribution in [0.5, 0.6) is 0 Å². The first-order valence-corrected chi connectivity index (χ1v) is 9.42. The van der Waals surface area contributed by atoms with Gasteiger partial charge in [0.15, 0.2) is 5.82 Å². The van der Waals surface area contributed by atoms with Gasteiger partial charge in [-0.15, -0.1) is 0 Å². The number of rotatable bonds is 6. The molecule has 142 valence electrons. The van der Waals surface area contributed by atoms with Gasteiger partial charge in [-0.25, -0.2) is 14.4 Å². The number of nitrogens with one attached hydrogen (secondary N) is 3. The molecular formula is C20H25FN6. The van der Waals surface area contributed by atoms with Gasteiger partial charge in [0, 0.05) is 30.9 Å². The standard InChI is InChI=1S/C20H25FN6/c1-27-8-5-14(6-9-27)10-23-18-3-2-15(11-24-18)12-25-19-16-4-7-22-20(16)26-13-17(19)21/h2-4,7,11,13-14H,5-6,8-10,12H2,1H3,(H,23,24)(H2,22,25,26). The van der Waals surface area contributed by atoms with Crippen molar-refractivity contribution in [3.05, 3.63) is 48.2 Å². The summed E-state index contributed by atoms with van der Waals surface area (Å²) in [6, 6.07) is 5.83. The molecule has 0 bridgehead atoms. The molecule has 1 aliphatic heterocycles. The lowest BCUT2D eigenvalue weighted by molar-refractivity contribution is 0.226. The summed E-state index contributed by atoms with van der Waals surface area (Å²) < 4.78 is 14.1. The molecule has 0 atom stereocenters. The number of halogens is 1. The summed E-state index contributed by atoms with van der Waals surface area (Å²) in [5.74, 6) is 1.25. The summed E-state index contributed by atoms with van der Waals surface area (Å²) in [6.07, 6.45) is 7.29. The molecule has 0 aromatic carbocycles. The van der Waals surface area contributed by atoms with E-state index in [9.17, 15) is 4.39 Å². The molecule has 0 unspecified atom stereocenters. The van der Waals surface area contributed by atoms with Gasteiger partial charge < -0.3 is 20.5 Å². The van der Waals surface area contributed by atoms with Crippen molar-refractivity contribution in [2.45, 2.75) is 19.4 Å². The van der Waals surface area contributed by atoms with Crippen molar-refractivity contribution in [1.82, 2.24) is 19.9 Å². The highest BCUT2D eigenvalue weighted by Crippen LogP contribution is 2.24. The van der Waals surface area contributed by atoms with Gasteiger partial charge in [0.1, 0.15) is 11.5 Å². The Bertz CT molecular complexity index is 883. The Morgan fingerprint density at radius 3 is 2.78 bits per heavy atom. The fourth-order valence-corrected chi connectivity index (χ4v) is 3.50. The van der Waals surface area contributed by atoms with E-state index in [0.717, 1.165) is 23.3 Å². The first-order valence-electron chi connectivity index (χ1n) is 9.42. The number of hydrogen-bond donors (Lipinski definition) is 3. The molecule has 4 rings (SSSR count). The van der Waals surface area contributed by atoms with Gasteiger partial charge in [-0.2, -0.15) is 0 Å². The van der Waals surface area contributed by atoms with E-state index in [2.05, 4.69) is 37.5 Å². The molecule has 1 fully saturated rings. The Kier molecular flexibility index (Phi) is 5.20. The molecule has 3 N–H and O–H groups in total. The maximum atomic E-state index is 14.1. The largest absolute Gasteiger partial charge is 0.378 e. The van der Waals surface area contributed by atoms with Crippen molar-refractivity contribution >= 4 is 22.5 Å². The fraction of sp³-hybridized carbons (Fsp3) is 0.400. The third kappa shape index (κ3) is 4.19. The van der Waals surface area contributed by atoms with Crippen LogP contribution in [0.15, 0.2) is 36.8 Å². The lowest BCUT2D eigenvalue weighted by Crippen LogP contribution is -2.33. The van der Waals surface area contributed by atoms with E-state index in [1.165, 1.54) is 32.1 Å². The summed E-state index contributed by atoms with van der Waals surface area (Å²) in [5, 5.41) is 7.35. The summed E-state index contributed by atoms with van der Waals surface area (Å²) >= 11 is 0. The molecule has 3 aromatic rings. The van der Waals surface area contributed by atoms with Crippen LogP contribution in [-0.2, 0) is 6.54 Å². The summed E-state index contributed by atoms with van der Waals surface area (Å²) in [7, 11) is 2.18. The number of H-pyrrole nitrogens is 1. The number of likely N-dealkylation sites (tertiary alicyclic amines) is 1. The lowest BCUT2D eigenvalue weighted by atomic mass is 9.97. The van der Waals surface area contributed by atoms with Crippen molar-refractivity contribution in [1.29, 1.82) is 0 Å². The zero-order valence-electron chi connectivity index (χ0n) is 15.5. The van der Waals surface area contributed by atoms with Gasteiger partial charge >= 0.3 is 0 Å². The number of hydrogen-bond acceptors (Lipinski definition) is 5. The average molecular weight is 368 g/mol. The Morgan fingerprint density at radius 1 is 1.15 bits per heavy atom. The quantitative estimate of drug-likeness (QED) is 0.622. The van der Waals surface area contributed by atoms with Crippen molar-refractivity contribution in [2.24, 2.45) is 5.92 Å². The topological polar surface area (TPSA) is 68.9 Å². The van der Waals surface area contributed by atoms with E-state index in [1.54, 1.807) is 6.20 Å². The molecule has 0 radical (unpaired) electrons. The predicted octanol–water partition coefficient (Wildman–Crippen LogP) is 3.46. The second-order valence-corrected chi connectivity index (χ2v) is 7.25. The van der Waals surface area contributed by atoms with E-state index in [0.29, 0.717) is 23.8 Å². The Balaban J connectivity index is 1.32. The Morgan fingerprint density at radius 2 is 2.00 bits per heavy atom. The monoisotopic (exact) mass is 368 g/mol. The third-order valence-electron chi connectivity index (χ3n) is 5.24.